The number of ether oxygens (including phenoxy) is 2. The van der Waals surface area contributed by atoms with Crippen molar-refractivity contribution in [3.8, 4) is 0 Å². The van der Waals surface area contributed by atoms with Gasteiger partial charge in [-0.3, -0.25) is 0 Å². The summed E-state index contributed by atoms with van der Waals surface area (Å²) in [6.07, 6.45) is -0.274. The predicted molar refractivity (Wildman–Crippen MR) is 78.6 cm³/mol. The second kappa shape index (κ2) is 6.22. The number of aliphatic hydroxyl groups excluding tert-OH is 1. The highest BCUT2D eigenvalue weighted by Gasteiger charge is 2.33. The van der Waals surface area contributed by atoms with E-state index in [9.17, 15) is 5.11 Å². The van der Waals surface area contributed by atoms with Crippen LogP contribution in [-0.4, -0.2) is 44.6 Å². The van der Waals surface area contributed by atoms with Gasteiger partial charge in [0.1, 0.15) is 12.2 Å². The van der Waals surface area contributed by atoms with E-state index in [2.05, 4.69) is 20.8 Å². The maximum atomic E-state index is 9.59. The highest BCUT2D eigenvalue weighted by atomic mass is 79.9. The topological polar surface area (TPSA) is 41.9 Å². The summed E-state index contributed by atoms with van der Waals surface area (Å²) in [5.41, 5.74) is 2.01. The van der Waals surface area contributed by atoms with Crippen LogP contribution in [-0.2, 0) is 9.47 Å². The van der Waals surface area contributed by atoms with E-state index in [0.29, 0.717) is 0 Å². The lowest BCUT2D eigenvalue weighted by Gasteiger charge is -2.20. The highest BCUT2D eigenvalue weighted by molar-refractivity contribution is 9.10. The Kier molecular flexibility index (Phi) is 4.84. The van der Waals surface area contributed by atoms with E-state index in [1.54, 1.807) is 21.1 Å². The standard InChI is InChI=1S/C14H20BrNO3/c1-9(17)10-4-5-12(11(15)6-10)16-7-13(18-2)14(8-16)19-3/h4-6,9,13-14,17H,7-8H2,1-3H3/t9-,13?,14?/m0/s1. The van der Waals surface area contributed by atoms with Gasteiger partial charge in [0, 0.05) is 31.8 Å². The van der Waals surface area contributed by atoms with Gasteiger partial charge in [-0.2, -0.15) is 0 Å². The highest BCUT2D eigenvalue weighted by Crippen LogP contribution is 2.32. The van der Waals surface area contributed by atoms with Gasteiger partial charge in [-0.25, -0.2) is 0 Å². The molecule has 0 radical (unpaired) electrons. The summed E-state index contributed by atoms with van der Waals surface area (Å²) < 4.78 is 11.9. The molecule has 106 valence electrons. The third-order valence-electron chi connectivity index (χ3n) is 3.62. The van der Waals surface area contributed by atoms with Crippen molar-refractivity contribution in [2.75, 3.05) is 32.2 Å². The van der Waals surface area contributed by atoms with Crippen LogP contribution in [0.1, 0.15) is 18.6 Å². The molecule has 1 heterocycles. The largest absolute Gasteiger partial charge is 0.389 e. The van der Waals surface area contributed by atoms with Crippen LogP contribution in [0.15, 0.2) is 22.7 Å². The Balaban J connectivity index is 2.19. The molecule has 0 spiro atoms. The third-order valence-corrected chi connectivity index (χ3v) is 4.25. The second-order valence-electron chi connectivity index (χ2n) is 4.84. The molecule has 1 N–H and O–H groups in total. The van der Waals surface area contributed by atoms with E-state index in [-0.39, 0.29) is 12.2 Å². The average Bonchev–Trinajstić information content (AvgIpc) is 2.81. The molecule has 4 nitrogen and oxygen atoms in total. The van der Waals surface area contributed by atoms with E-state index in [0.717, 1.165) is 28.8 Å². The first kappa shape index (κ1) is 14.8. The van der Waals surface area contributed by atoms with Gasteiger partial charge >= 0.3 is 0 Å². The zero-order valence-corrected chi connectivity index (χ0v) is 13.1. The summed E-state index contributed by atoms with van der Waals surface area (Å²) in [7, 11) is 3.43. The molecule has 0 saturated carbocycles. The summed E-state index contributed by atoms with van der Waals surface area (Å²) in [6, 6.07) is 5.94. The van der Waals surface area contributed by atoms with Crippen molar-refractivity contribution in [2.45, 2.75) is 25.2 Å². The van der Waals surface area contributed by atoms with Crippen LogP contribution in [0.25, 0.3) is 0 Å². The van der Waals surface area contributed by atoms with Crippen LogP contribution in [0.4, 0.5) is 5.69 Å². The summed E-state index contributed by atoms with van der Waals surface area (Å²) in [5, 5.41) is 9.59. The summed E-state index contributed by atoms with van der Waals surface area (Å²) in [6.45, 7) is 3.38. The van der Waals surface area contributed by atoms with Gasteiger partial charge in [0.25, 0.3) is 0 Å². The third kappa shape index (κ3) is 3.11. The van der Waals surface area contributed by atoms with Crippen molar-refractivity contribution >= 4 is 21.6 Å². The van der Waals surface area contributed by atoms with Crippen molar-refractivity contribution in [3.05, 3.63) is 28.2 Å². The van der Waals surface area contributed by atoms with E-state index in [4.69, 9.17) is 9.47 Å². The van der Waals surface area contributed by atoms with Crippen LogP contribution < -0.4 is 4.90 Å². The van der Waals surface area contributed by atoms with E-state index < -0.39 is 6.10 Å². The molecular formula is C14H20BrNO3. The predicted octanol–water partition coefficient (Wildman–Crippen LogP) is 2.35. The number of benzene rings is 1. The lowest BCUT2D eigenvalue weighted by molar-refractivity contribution is -0.00461. The second-order valence-corrected chi connectivity index (χ2v) is 5.69. The molecule has 1 fully saturated rings. The maximum Gasteiger partial charge on any atom is 0.102 e. The molecule has 0 aliphatic carbocycles. The normalized spacial score (nSPS) is 24.8. The van der Waals surface area contributed by atoms with E-state index >= 15 is 0 Å². The van der Waals surface area contributed by atoms with Crippen LogP contribution in [0, 0.1) is 0 Å². The van der Waals surface area contributed by atoms with Gasteiger partial charge in [-0.05, 0) is 40.5 Å². The molecule has 0 bridgehead atoms. The van der Waals surface area contributed by atoms with Crippen molar-refractivity contribution in [1.82, 2.24) is 0 Å². The van der Waals surface area contributed by atoms with Crippen LogP contribution >= 0.6 is 15.9 Å². The minimum Gasteiger partial charge on any atom is -0.389 e. The van der Waals surface area contributed by atoms with Crippen molar-refractivity contribution in [1.29, 1.82) is 0 Å². The molecule has 2 unspecified atom stereocenters. The summed E-state index contributed by atoms with van der Waals surface area (Å²) in [4.78, 5) is 2.23. The molecule has 0 aromatic heterocycles. The summed E-state index contributed by atoms with van der Waals surface area (Å²) >= 11 is 3.57. The lowest BCUT2D eigenvalue weighted by Crippen LogP contribution is -2.27. The molecular weight excluding hydrogens is 310 g/mol. The van der Waals surface area contributed by atoms with Crippen molar-refractivity contribution < 1.29 is 14.6 Å². The fourth-order valence-corrected chi connectivity index (χ4v) is 3.08. The molecule has 5 heteroatoms. The van der Waals surface area contributed by atoms with E-state index in [1.165, 1.54) is 0 Å². The molecule has 3 atom stereocenters. The fourth-order valence-electron chi connectivity index (χ4n) is 2.43. The number of methoxy groups -OCH3 is 2. The van der Waals surface area contributed by atoms with Gasteiger partial charge in [0.2, 0.25) is 0 Å². The maximum absolute atomic E-state index is 9.59. The number of nitrogens with zero attached hydrogens (tertiary/aromatic N) is 1. The Morgan fingerprint density at radius 3 is 2.26 bits per heavy atom. The van der Waals surface area contributed by atoms with Crippen molar-refractivity contribution in [2.24, 2.45) is 0 Å². The molecule has 1 aromatic rings. The zero-order valence-electron chi connectivity index (χ0n) is 11.5. The number of anilines is 1. The molecule has 1 aliphatic rings. The Morgan fingerprint density at radius 1 is 1.26 bits per heavy atom. The Morgan fingerprint density at radius 2 is 1.84 bits per heavy atom. The summed E-state index contributed by atoms with van der Waals surface area (Å²) in [5.74, 6) is 0. The van der Waals surface area contributed by atoms with Crippen LogP contribution in [0.3, 0.4) is 0 Å². The van der Waals surface area contributed by atoms with Gasteiger partial charge in [0.15, 0.2) is 0 Å². The van der Waals surface area contributed by atoms with Gasteiger partial charge in [0.05, 0.1) is 11.8 Å². The van der Waals surface area contributed by atoms with Crippen LogP contribution in [0.5, 0.6) is 0 Å². The Bertz CT molecular complexity index is 427. The van der Waals surface area contributed by atoms with Gasteiger partial charge in [-0.15, -0.1) is 0 Å². The SMILES string of the molecule is COC1CN(c2ccc([C@H](C)O)cc2Br)CC1OC. The number of hydrogen-bond acceptors (Lipinski definition) is 4. The molecule has 2 rings (SSSR count). The first-order valence-electron chi connectivity index (χ1n) is 6.35. The lowest BCUT2D eigenvalue weighted by atomic mass is 10.1. The molecule has 1 aromatic carbocycles. The fraction of sp³-hybridized carbons (Fsp3) is 0.571. The molecule has 1 aliphatic heterocycles. The van der Waals surface area contributed by atoms with Gasteiger partial charge in [-0.1, -0.05) is 6.07 Å². The number of halogens is 1. The molecule has 19 heavy (non-hydrogen) atoms. The number of rotatable bonds is 4. The minimum absolute atomic E-state index is 0.0911. The molecule has 0 amide bonds. The average molecular weight is 330 g/mol. The quantitative estimate of drug-likeness (QED) is 0.920. The zero-order chi connectivity index (χ0) is 14.0. The Labute approximate surface area is 122 Å². The van der Waals surface area contributed by atoms with Crippen molar-refractivity contribution in [3.63, 3.8) is 0 Å². The number of aliphatic hydroxyl groups is 1. The monoisotopic (exact) mass is 329 g/mol. The van der Waals surface area contributed by atoms with Gasteiger partial charge < -0.3 is 19.5 Å². The Hall–Kier alpha value is -0.620. The molecule has 1 saturated heterocycles. The minimum atomic E-state index is -0.456. The first-order valence-corrected chi connectivity index (χ1v) is 7.14. The first-order chi connectivity index (χ1) is 9.06. The van der Waals surface area contributed by atoms with Crippen LogP contribution in [0.2, 0.25) is 0 Å². The smallest absolute Gasteiger partial charge is 0.102 e. The number of hydrogen-bond donors (Lipinski definition) is 1. The van der Waals surface area contributed by atoms with E-state index in [1.807, 2.05) is 18.2 Å².